The molecule has 0 spiro atoms. The Labute approximate surface area is 224 Å². The van der Waals surface area contributed by atoms with E-state index >= 15 is 0 Å². The molecule has 0 radical (unpaired) electrons. The van der Waals surface area contributed by atoms with Crippen LogP contribution >= 0.6 is 0 Å². The van der Waals surface area contributed by atoms with Crippen molar-refractivity contribution in [1.82, 2.24) is 20.4 Å². The predicted molar refractivity (Wildman–Crippen MR) is 147 cm³/mol. The van der Waals surface area contributed by atoms with Crippen LogP contribution in [0.2, 0.25) is 0 Å². The van der Waals surface area contributed by atoms with Gasteiger partial charge >= 0.3 is 11.8 Å². The number of unbranched alkanes of at least 4 members (excludes halogenated alkanes) is 8. The summed E-state index contributed by atoms with van der Waals surface area (Å²) in [7, 11) is 0. The SMILES string of the molecule is CCCCCCCOc1ccc(-c2nnc(-c3nnc(-c4ccc(OCCCCCCC)cc4)o3)o2)cc1. The second-order valence-electron chi connectivity index (χ2n) is 9.40. The molecule has 8 nitrogen and oxygen atoms in total. The molecule has 0 bridgehead atoms. The molecule has 4 rings (SSSR count). The van der Waals surface area contributed by atoms with Crippen molar-refractivity contribution in [1.29, 1.82) is 0 Å². The number of benzene rings is 2. The van der Waals surface area contributed by atoms with E-state index < -0.39 is 0 Å². The topological polar surface area (TPSA) is 96.3 Å². The zero-order chi connectivity index (χ0) is 26.4. The maximum atomic E-state index is 5.83. The first-order valence-corrected chi connectivity index (χ1v) is 13.9. The van der Waals surface area contributed by atoms with Crippen LogP contribution in [-0.4, -0.2) is 33.6 Å². The number of hydrogen-bond donors (Lipinski definition) is 0. The lowest BCUT2D eigenvalue weighted by Gasteiger charge is -2.06. The third-order valence-corrected chi connectivity index (χ3v) is 6.27. The van der Waals surface area contributed by atoms with Crippen molar-refractivity contribution in [3.63, 3.8) is 0 Å². The van der Waals surface area contributed by atoms with Crippen molar-refractivity contribution in [2.45, 2.75) is 78.1 Å². The zero-order valence-corrected chi connectivity index (χ0v) is 22.5. The summed E-state index contributed by atoms with van der Waals surface area (Å²) in [5.74, 6) is 2.76. The van der Waals surface area contributed by atoms with E-state index in [2.05, 4.69) is 34.2 Å². The van der Waals surface area contributed by atoms with Gasteiger partial charge in [0, 0.05) is 11.1 Å². The average Bonchev–Trinajstić information content (AvgIpc) is 3.64. The Bertz CT molecular complexity index is 1110. The van der Waals surface area contributed by atoms with Gasteiger partial charge in [0.05, 0.1) is 13.2 Å². The highest BCUT2D eigenvalue weighted by Gasteiger charge is 2.18. The summed E-state index contributed by atoms with van der Waals surface area (Å²) in [4.78, 5) is 0. The van der Waals surface area contributed by atoms with Crippen LogP contribution in [0.5, 0.6) is 11.5 Å². The molecule has 0 aliphatic heterocycles. The zero-order valence-electron chi connectivity index (χ0n) is 22.5. The number of ether oxygens (including phenoxy) is 2. The molecule has 0 aliphatic carbocycles. The molecule has 0 saturated carbocycles. The van der Waals surface area contributed by atoms with E-state index in [1.807, 2.05) is 48.5 Å². The van der Waals surface area contributed by atoms with E-state index in [4.69, 9.17) is 18.3 Å². The molecule has 0 aliphatic rings. The van der Waals surface area contributed by atoms with Crippen LogP contribution in [-0.2, 0) is 0 Å². The van der Waals surface area contributed by atoms with Gasteiger partial charge in [-0.1, -0.05) is 65.2 Å². The fourth-order valence-corrected chi connectivity index (χ4v) is 4.03. The molecule has 0 saturated heterocycles. The van der Waals surface area contributed by atoms with Crippen molar-refractivity contribution in [2.24, 2.45) is 0 Å². The van der Waals surface area contributed by atoms with E-state index in [1.54, 1.807) is 0 Å². The Hall–Kier alpha value is -3.68. The van der Waals surface area contributed by atoms with Crippen LogP contribution in [0.4, 0.5) is 0 Å². The molecule has 0 N–H and O–H groups in total. The fourth-order valence-electron chi connectivity index (χ4n) is 4.03. The van der Waals surface area contributed by atoms with Crippen molar-refractivity contribution in [3.05, 3.63) is 48.5 Å². The summed E-state index contributed by atoms with van der Waals surface area (Å²) in [6.07, 6.45) is 12.1. The average molecular weight is 519 g/mol. The van der Waals surface area contributed by atoms with E-state index in [-0.39, 0.29) is 11.8 Å². The number of rotatable bonds is 17. The first-order valence-electron chi connectivity index (χ1n) is 13.9. The van der Waals surface area contributed by atoms with Crippen LogP contribution in [0.1, 0.15) is 78.1 Å². The lowest BCUT2D eigenvalue weighted by atomic mass is 10.2. The van der Waals surface area contributed by atoms with Gasteiger partial charge in [-0.15, -0.1) is 20.4 Å². The third-order valence-electron chi connectivity index (χ3n) is 6.27. The highest BCUT2D eigenvalue weighted by atomic mass is 16.5. The Morgan fingerprint density at radius 3 is 1.24 bits per heavy atom. The van der Waals surface area contributed by atoms with Gasteiger partial charge in [-0.05, 0) is 61.4 Å². The molecule has 0 unspecified atom stereocenters. The van der Waals surface area contributed by atoms with Crippen LogP contribution < -0.4 is 9.47 Å². The number of aromatic nitrogens is 4. The third kappa shape index (κ3) is 8.16. The van der Waals surface area contributed by atoms with E-state index in [0.717, 1.165) is 48.7 Å². The Balaban J connectivity index is 1.28. The second-order valence-corrected chi connectivity index (χ2v) is 9.40. The lowest BCUT2D eigenvalue weighted by Crippen LogP contribution is -1.97. The molecule has 2 aromatic heterocycles. The first kappa shape index (κ1) is 27.4. The van der Waals surface area contributed by atoms with Gasteiger partial charge in [0.2, 0.25) is 11.8 Å². The van der Waals surface area contributed by atoms with Gasteiger partial charge in [0.15, 0.2) is 0 Å². The highest BCUT2D eigenvalue weighted by molar-refractivity contribution is 5.57. The number of nitrogens with zero attached hydrogens (tertiary/aromatic N) is 4. The Kier molecular flexibility index (Phi) is 10.7. The molecule has 0 fully saturated rings. The van der Waals surface area contributed by atoms with Crippen molar-refractivity contribution >= 4 is 0 Å². The molecular weight excluding hydrogens is 480 g/mol. The molecule has 4 aromatic rings. The van der Waals surface area contributed by atoms with Gasteiger partial charge in [0.25, 0.3) is 0 Å². The van der Waals surface area contributed by atoms with Crippen molar-refractivity contribution in [2.75, 3.05) is 13.2 Å². The number of hydrogen-bond acceptors (Lipinski definition) is 8. The second kappa shape index (κ2) is 14.9. The van der Waals surface area contributed by atoms with Gasteiger partial charge < -0.3 is 18.3 Å². The molecule has 2 heterocycles. The quantitative estimate of drug-likeness (QED) is 0.129. The molecular formula is C30H38N4O4. The predicted octanol–water partition coefficient (Wildman–Crippen LogP) is 8.15. The largest absolute Gasteiger partial charge is 0.494 e. The molecule has 0 amide bonds. The van der Waals surface area contributed by atoms with E-state index in [9.17, 15) is 0 Å². The van der Waals surface area contributed by atoms with Gasteiger partial charge in [-0.3, -0.25) is 0 Å². The fraction of sp³-hybridized carbons (Fsp3) is 0.467. The molecule has 0 atom stereocenters. The summed E-state index contributed by atoms with van der Waals surface area (Å²) >= 11 is 0. The maximum absolute atomic E-state index is 5.83. The minimum Gasteiger partial charge on any atom is -0.494 e. The van der Waals surface area contributed by atoms with Crippen LogP contribution in [0.3, 0.4) is 0 Å². The van der Waals surface area contributed by atoms with Crippen LogP contribution in [0, 0.1) is 0 Å². The Morgan fingerprint density at radius 1 is 0.474 bits per heavy atom. The van der Waals surface area contributed by atoms with E-state index in [0.29, 0.717) is 11.8 Å². The van der Waals surface area contributed by atoms with E-state index in [1.165, 1.54) is 51.4 Å². The normalized spacial score (nSPS) is 11.1. The lowest BCUT2D eigenvalue weighted by molar-refractivity contribution is 0.304. The molecule has 8 heteroatoms. The van der Waals surface area contributed by atoms with Crippen LogP contribution in [0.15, 0.2) is 57.4 Å². The first-order chi connectivity index (χ1) is 18.8. The smallest absolute Gasteiger partial charge is 0.306 e. The molecule has 2 aromatic carbocycles. The van der Waals surface area contributed by atoms with Crippen molar-refractivity contribution < 1.29 is 18.3 Å². The van der Waals surface area contributed by atoms with Gasteiger partial charge in [-0.2, -0.15) is 0 Å². The van der Waals surface area contributed by atoms with Gasteiger partial charge in [0.1, 0.15) is 11.5 Å². The summed E-state index contributed by atoms with van der Waals surface area (Å²) in [5, 5.41) is 16.5. The molecule has 202 valence electrons. The summed E-state index contributed by atoms with van der Waals surface area (Å²) in [6, 6.07) is 15.3. The highest BCUT2D eigenvalue weighted by Crippen LogP contribution is 2.28. The molecule has 38 heavy (non-hydrogen) atoms. The van der Waals surface area contributed by atoms with Crippen molar-refractivity contribution in [3.8, 4) is 46.2 Å². The Morgan fingerprint density at radius 2 is 0.842 bits per heavy atom. The van der Waals surface area contributed by atoms with Gasteiger partial charge in [-0.25, -0.2) is 0 Å². The minimum atomic E-state index is 0.175. The maximum Gasteiger partial charge on any atom is 0.306 e. The van der Waals surface area contributed by atoms with Crippen LogP contribution in [0.25, 0.3) is 34.7 Å². The standard InChI is InChI=1S/C30H38N4O4/c1-3-5-7-9-11-21-35-25-17-13-23(14-18-25)27-31-33-29(37-27)30-34-32-28(38-30)24-15-19-26(20-16-24)36-22-12-10-8-6-4-2/h13-20H,3-12,21-22H2,1-2H3. The summed E-state index contributed by atoms with van der Waals surface area (Å²) in [6.45, 7) is 5.89. The minimum absolute atomic E-state index is 0.175. The summed E-state index contributed by atoms with van der Waals surface area (Å²) < 4.78 is 23.3. The monoisotopic (exact) mass is 518 g/mol. The summed E-state index contributed by atoms with van der Waals surface area (Å²) in [5.41, 5.74) is 1.58.